The molecule has 5 nitrogen and oxygen atoms in total. The van der Waals surface area contributed by atoms with Crippen LogP contribution in [-0.4, -0.2) is 23.2 Å². The van der Waals surface area contributed by atoms with Crippen molar-refractivity contribution >= 4 is 56.5 Å². The van der Waals surface area contributed by atoms with E-state index >= 15 is 0 Å². The van der Waals surface area contributed by atoms with Crippen molar-refractivity contribution in [2.75, 3.05) is 0 Å². The third kappa shape index (κ3) is 3.34. The Morgan fingerprint density at radius 2 is 1.21 bits per heavy atom. The predicted molar refractivity (Wildman–Crippen MR) is 114 cm³/mol. The highest BCUT2D eigenvalue weighted by molar-refractivity contribution is 7.87. The molecule has 3 aromatic rings. The van der Waals surface area contributed by atoms with Crippen LogP contribution in [0.15, 0.2) is 54.6 Å². The molecule has 3 rings (SSSR count). The minimum atomic E-state index is -5.16. The van der Waals surface area contributed by atoms with E-state index in [0.29, 0.717) is 0 Å². The van der Waals surface area contributed by atoms with Gasteiger partial charge in [0.15, 0.2) is 4.75 Å². The minimum Gasteiger partial charge on any atom is -0.506 e. The second-order valence-corrected chi connectivity index (χ2v) is 9.12. The molecule has 0 aromatic heterocycles. The largest absolute Gasteiger partial charge is 0.506 e. The second kappa shape index (κ2) is 7.87. The van der Waals surface area contributed by atoms with Gasteiger partial charge in [-0.15, -0.1) is 0 Å². The average Bonchev–Trinajstić information content (AvgIpc) is 2.68. The monoisotopic (exact) mass is 492 g/mol. The molecule has 3 N–H and O–H groups in total. The maximum Gasteiger partial charge on any atom is 0.283 e. The van der Waals surface area contributed by atoms with Crippen LogP contribution >= 0.6 is 46.4 Å². The van der Waals surface area contributed by atoms with Gasteiger partial charge in [0, 0.05) is 10.6 Å². The van der Waals surface area contributed by atoms with Crippen LogP contribution in [0.25, 0.3) is 0 Å². The molecule has 0 aliphatic heterocycles. The Bertz CT molecular complexity index is 1170. The fraction of sp³-hybridized carbons (Fsp3) is 0.0526. The lowest BCUT2D eigenvalue weighted by Crippen LogP contribution is -2.38. The van der Waals surface area contributed by atoms with Gasteiger partial charge in [-0.3, -0.25) is 4.55 Å². The molecular formula is C19H12Cl4O5S. The number of hydrogen-bond acceptors (Lipinski definition) is 4. The van der Waals surface area contributed by atoms with Crippen molar-refractivity contribution in [3.63, 3.8) is 0 Å². The summed E-state index contributed by atoms with van der Waals surface area (Å²) >= 11 is 24.3. The molecule has 0 fully saturated rings. The summed E-state index contributed by atoms with van der Waals surface area (Å²) in [7, 11) is -5.16. The van der Waals surface area contributed by atoms with Crippen molar-refractivity contribution in [2.45, 2.75) is 4.75 Å². The van der Waals surface area contributed by atoms with Crippen LogP contribution in [0.4, 0.5) is 0 Å². The fourth-order valence-electron chi connectivity index (χ4n) is 3.24. The molecule has 152 valence electrons. The van der Waals surface area contributed by atoms with Crippen LogP contribution < -0.4 is 0 Å². The van der Waals surface area contributed by atoms with Gasteiger partial charge in [-0.05, 0) is 11.6 Å². The number of benzene rings is 3. The van der Waals surface area contributed by atoms with Gasteiger partial charge in [0.05, 0.1) is 10.6 Å². The summed E-state index contributed by atoms with van der Waals surface area (Å²) in [6.07, 6.45) is 0. The van der Waals surface area contributed by atoms with Gasteiger partial charge >= 0.3 is 0 Å². The Balaban J connectivity index is 2.69. The first-order valence-corrected chi connectivity index (χ1v) is 10.9. The Morgan fingerprint density at radius 1 is 0.724 bits per heavy atom. The fourth-order valence-corrected chi connectivity index (χ4v) is 5.52. The number of hydrogen-bond donors (Lipinski definition) is 3. The molecule has 0 saturated heterocycles. The van der Waals surface area contributed by atoms with Crippen LogP contribution in [0, 0.1) is 0 Å². The molecular weight excluding hydrogens is 482 g/mol. The lowest BCUT2D eigenvalue weighted by Gasteiger charge is -2.34. The van der Waals surface area contributed by atoms with E-state index in [9.17, 15) is 23.2 Å². The number of aromatic hydroxyl groups is 2. The molecule has 0 aliphatic rings. The van der Waals surface area contributed by atoms with Crippen molar-refractivity contribution in [3.05, 3.63) is 91.4 Å². The van der Waals surface area contributed by atoms with E-state index in [-0.39, 0.29) is 21.2 Å². The van der Waals surface area contributed by atoms with Crippen molar-refractivity contribution in [1.29, 1.82) is 0 Å². The van der Waals surface area contributed by atoms with E-state index in [2.05, 4.69) is 0 Å². The van der Waals surface area contributed by atoms with Gasteiger partial charge in [0.25, 0.3) is 10.1 Å². The maximum atomic E-state index is 13.0. The Labute approximate surface area is 186 Å². The topological polar surface area (TPSA) is 94.8 Å². The summed E-state index contributed by atoms with van der Waals surface area (Å²) < 4.78 is 33.9. The quantitative estimate of drug-likeness (QED) is 0.239. The summed E-state index contributed by atoms with van der Waals surface area (Å²) in [5.41, 5.74) is -0.857. The van der Waals surface area contributed by atoms with Crippen molar-refractivity contribution in [3.8, 4) is 11.5 Å². The number of halogens is 4. The van der Waals surface area contributed by atoms with Gasteiger partial charge in [-0.25, -0.2) is 0 Å². The number of phenolic OH excluding ortho intramolecular Hbond substituents is 2. The normalized spacial score (nSPS) is 13.8. The maximum absolute atomic E-state index is 13.0. The molecule has 10 heteroatoms. The number of phenols is 2. The molecule has 0 bridgehead atoms. The minimum absolute atomic E-state index is 0.0318. The summed E-state index contributed by atoms with van der Waals surface area (Å²) in [5, 5.41) is 20.0. The van der Waals surface area contributed by atoms with Gasteiger partial charge < -0.3 is 10.2 Å². The SMILES string of the molecule is O=S(=O)(O)C(c1ccccc1)(c1ccccc1Cl)c1c(O)c(Cl)c(Cl)c(Cl)c1O. The summed E-state index contributed by atoms with van der Waals surface area (Å²) in [5.74, 6) is -1.75. The molecule has 29 heavy (non-hydrogen) atoms. The third-order valence-electron chi connectivity index (χ3n) is 4.45. The lowest BCUT2D eigenvalue weighted by molar-refractivity contribution is 0.416. The highest BCUT2D eigenvalue weighted by Gasteiger charge is 2.53. The summed E-state index contributed by atoms with van der Waals surface area (Å²) in [4.78, 5) is 0. The van der Waals surface area contributed by atoms with E-state index in [0.717, 1.165) is 0 Å². The second-order valence-electron chi connectivity index (χ2n) is 6.02. The summed E-state index contributed by atoms with van der Waals surface area (Å²) in [6.45, 7) is 0. The zero-order chi connectivity index (χ0) is 21.6. The van der Waals surface area contributed by atoms with Crippen molar-refractivity contribution in [1.82, 2.24) is 0 Å². The Hall–Kier alpha value is -1.67. The lowest BCUT2D eigenvalue weighted by atomic mass is 9.82. The van der Waals surface area contributed by atoms with Gasteiger partial charge in [-0.1, -0.05) is 94.9 Å². The Morgan fingerprint density at radius 3 is 1.69 bits per heavy atom. The molecule has 3 aromatic carbocycles. The molecule has 0 heterocycles. The van der Waals surface area contributed by atoms with E-state index < -0.39 is 42.0 Å². The highest BCUT2D eigenvalue weighted by atomic mass is 35.5. The third-order valence-corrected chi connectivity index (χ3v) is 7.52. The zero-order valence-corrected chi connectivity index (χ0v) is 18.1. The molecule has 1 atom stereocenters. The van der Waals surface area contributed by atoms with E-state index in [4.69, 9.17) is 46.4 Å². The predicted octanol–water partition coefficient (Wildman–Crippen LogP) is 5.89. The first-order valence-electron chi connectivity index (χ1n) is 7.91. The summed E-state index contributed by atoms with van der Waals surface area (Å²) in [6, 6.07) is 13.2. The molecule has 0 saturated carbocycles. The van der Waals surface area contributed by atoms with Gasteiger partial charge in [0.2, 0.25) is 0 Å². The van der Waals surface area contributed by atoms with E-state index in [1.54, 1.807) is 12.1 Å². The smallest absolute Gasteiger partial charge is 0.283 e. The Kier molecular flexibility index (Phi) is 5.98. The molecule has 1 unspecified atom stereocenters. The van der Waals surface area contributed by atoms with Crippen molar-refractivity contribution in [2.24, 2.45) is 0 Å². The standard InChI is InChI=1S/C19H12Cl4O5S/c20-12-9-5-4-8-11(12)19(29(26,27)28,10-6-2-1-3-7-10)13-17(24)15(22)14(21)16(23)18(13)25/h1-9,24-25H,(H,26,27,28). The molecule has 0 spiro atoms. The van der Waals surface area contributed by atoms with Crippen LogP contribution in [0.3, 0.4) is 0 Å². The van der Waals surface area contributed by atoms with Crippen molar-refractivity contribution < 1.29 is 23.2 Å². The first kappa shape index (κ1) is 22.0. The van der Waals surface area contributed by atoms with Gasteiger partial charge in [0.1, 0.15) is 21.5 Å². The first-order chi connectivity index (χ1) is 13.5. The molecule has 0 radical (unpaired) electrons. The average molecular weight is 494 g/mol. The number of rotatable bonds is 4. The van der Waals surface area contributed by atoms with Crippen LogP contribution in [0.2, 0.25) is 20.1 Å². The molecule has 0 aliphatic carbocycles. The van der Waals surface area contributed by atoms with E-state index in [1.165, 1.54) is 42.5 Å². The van der Waals surface area contributed by atoms with Gasteiger partial charge in [-0.2, -0.15) is 8.42 Å². The molecule has 0 amide bonds. The van der Waals surface area contributed by atoms with E-state index in [1.807, 2.05) is 0 Å². The zero-order valence-electron chi connectivity index (χ0n) is 14.3. The van der Waals surface area contributed by atoms with Crippen LogP contribution in [0.1, 0.15) is 16.7 Å². The van der Waals surface area contributed by atoms with Crippen LogP contribution in [0.5, 0.6) is 11.5 Å². The van der Waals surface area contributed by atoms with Crippen LogP contribution in [-0.2, 0) is 14.9 Å². The highest BCUT2D eigenvalue weighted by Crippen LogP contribution is 2.57.